The zero-order valence-electron chi connectivity index (χ0n) is 8.88. The Morgan fingerprint density at radius 3 is 3.19 bits per heavy atom. The van der Waals surface area contributed by atoms with Gasteiger partial charge in [-0.2, -0.15) is 10.2 Å². The number of nitriles is 1. The topological polar surface area (TPSA) is 62.7 Å². The van der Waals surface area contributed by atoms with Crippen LogP contribution in [0, 0.1) is 17.2 Å². The standard InChI is InChI=1S/C11H11N3OS/c1-8(7-12)5-11-13-10(14-15-11)6-9-3-2-4-16-9/h2-4,8H,5-6H2,1H3. The van der Waals surface area contributed by atoms with Crippen molar-refractivity contribution in [3.05, 3.63) is 34.1 Å². The average Bonchev–Trinajstić information content (AvgIpc) is 2.91. The average molecular weight is 233 g/mol. The molecule has 5 heteroatoms. The first-order valence-corrected chi connectivity index (χ1v) is 5.89. The van der Waals surface area contributed by atoms with E-state index in [2.05, 4.69) is 16.2 Å². The zero-order valence-corrected chi connectivity index (χ0v) is 9.70. The van der Waals surface area contributed by atoms with Crippen LogP contribution in [0.15, 0.2) is 22.0 Å². The lowest BCUT2D eigenvalue weighted by Crippen LogP contribution is -1.96. The van der Waals surface area contributed by atoms with Crippen molar-refractivity contribution in [2.75, 3.05) is 0 Å². The molecule has 0 aliphatic heterocycles. The molecule has 1 unspecified atom stereocenters. The minimum atomic E-state index is -0.0879. The summed E-state index contributed by atoms with van der Waals surface area (Å²) in [4.78, 5) is 5.46. The summed E-state index contributed by atoms with van der Waals surface area (Å²) in [6.07, 6.45) is 1.22. The molecular formula is C11H11N3OS. The highest BCUT2D eigenvalue weighted by Crippen LogP contribution is 2.13. The quantitative estimate of drug-likeness (QED) is 0.813. The fourth-order valence-corrected chi connectivity index (χ4v) is 2.02. The molecule has 0 saturated carbocycles. The van der Waals surface area contributed by atoms with Crippen LogP contribution in [0.3, 0.4) is 0 Å². The number of hydrogen-bond acceptors (Lipinski definition) is 5. The third-order valence-electron chi connectivity index (χ3n) is 2.12. The fourth-order valence-electron chi connectivity index (χ4n) is 1.32. The second-order valence-electron chi connectivity index (χ2n) is 3.59. The van der Waals surface area contributed by atoms with E-state index < -0.39 is 0 Å². The normalized spacial score (nSPS) is 12.2. The van der Waals surface area contributed by atoms with Gasteiger partial charge in [0, 0.05) is 17.7 Å². The van der Waals surface area contributed by atoms with Crippen LogP contribution < -0.4 is 0 Å². The van der Waals surface area contributed by atoms with Gasteiger partial charge in [0.15, 0.2) is 5.82 Å². The molecule has 16 heavy (non-hydrogen) atoms. The van der Waals surface area contributed by atoms with Gasteiger partial charge in [-0.15, -0.1) is 11.3 Å². The highest BCUT2D eigenvalue weighted by molar-refractivity contribution is 7.09. The van der Waals surface area contributed by atoms with Gasteiger partial charge < -0.3 is 4.52 Å². The van der Waals surface area contributed by atoms with E-state index in [1.165, 1.54) is 4.88 Å². The fraction of sp³-hybridized carbons (Fsp3) is 0.364. The van der Waals surface area contributed by atoms with Gasteiger partial charge >= 0.3 is 0 Å². The molecule has 0 saturated heterocycles. The predicted octanol–water partition coefficient (Wildman–Crippen LogP) is 2.42. The van der Waals surface area contributed by atoms with E-state index in [4.69, 9.17) is 9.78 Å². The maximum absolute atomic E-state index is 8.67. The molecule has 0 amide bonds. The van der Waals surface area contributed by atoms with Crippen LogP contribution in [-0.4, -0.2) is 10.1 Å². The summed E-state index contributed by atoms with van der Waals surface area (Å²) in [5.74, 6) is 1.14. The van der Waals surface area contributed by atoms with Gasteiger partial charge in [-0.05, 0) is 18.4 Å². The van der Waals surface area contributed by atoms with Crippen molar-refractivity contribution in [2.45, 2.75) is 19.8 Å². The molecule has 2 rings (SSSR count). The molecule has 4 nitrogen and oxygen atoms in total. The summed E-state index contributed by atoms with van der Waals surface area (Å²) in [6, 6.07) is 6.18. The van der Waals surface area contributed by atoms with Gasteiger partial charge in [0.1, 0.15) is 0 Å². The summed E-state index contributed by atoms with van der Waals surface area (Å²) >= 11 is 1.67. The monoisotopic (exact) mass is 233 g/mol. The van der Waals surface area contributed by atoms with Crippen LogP contribution >= 0.6 is 11.3 Å². The second kappa shape index (κ2) is 4.90. The molecule has 2 aromatic heterocycles. The molecule has 0 N–H and O–H groups in total. The van der Waals surface area contributed by atoms with Crippen molar-refractivity contribution >= 4 is 11.3 Å². The highest BCUT2D eigenvalue weighted by Gasteiger charge is 2.10. The van der Waals surface area contributed by atoms with Gasteiger partial charge in [0.25, 0.3) is 0 Å². The van der Waals surface area contributed by atoms with Crippen LogP contribution in [-0.2, 0) is 12.8 Å². The van der Waals surface area contributed by atoms with E-state index in [0.717, 1.165) is 0 Å². The lowest BCUT2D eigenvalue weighted by molar-refractivity contribution is 0.365. The Kier molecular flexibility index (Phi) is 3.32. The first-order valence-electron chi connectivity index (χ1n) is 5.01. The van der Waals surface area contributed by atoms with Gasteiger partial charge in [-0.1, -0.05) is 11.2 Å². The minimum absolute atomic E-state index is 0.0879. The molecule has 0 bridgehead atoms. The van der Waals surface area contributed by atoms with Gasteiger partial charge in [-0.25, -0.2) is 0 Å². The lowest BCUT2D eigenvalue weighted by atomic mass is 10.1. The molecule has 1 atom stereocenters. The van der Waals surface area contributed by atoms with Crippen LogP contribution in [0.4, 0.5) is 0 Å². The van der Waals surface area contributed by atoms with E-state index in [1.807, 2.05) is 24.4 Å². The molecular weight excluding hydrogens is 222 g/mol. The Hall–Kier alpha value is -1.67. The summed E-state index contributed by atoms with van der Waals surface area (Å²) < 4.78 is 5.08. The lowest BCUT2D eigenvalue weighted by Gasteiger charge is -1.93. The minimum Gasteiger partial charge on any atom is -0.339 e. The van der Waals surface area contributed by atoms with Gasteiger partial charge in [0.2, 0.25) is 5.89 Å². The Morgan fingerprint density at radius 2 is 2.50 bits per heavy atom. The smallest absolute Gasteiger partial charge is 0.227 e. The predicted molar refractivity (Wildman–Crippen MR) is 59.9 cm³/mol. The molecule has 0 aromatic carbocycles. The van der Waals surface area contributed by atoms with E-state index >= 15 is 0 Å². The van der Waals surface area contributed by atoms with E-state index in [1.54, 1.807) is 11.3 Å². The van der Waals surface area contributed by atoms with E-state index in [-0.39, 0.29) is 5.92 Å². The summed E-state index contributed by atoms with van der Waals surface area (Å²) in [5, 5.41) is 14.6. The number of rotatable bonds is 4. The number of nitrogens with zero attached hydrogens (tertiary/aromatic N) is 3. The molecule has 82 valence electrons. The van der Waals surface area contributed by atoms with Crippen molar-refractivity contribution in [3.8, 4) is 6.07 Å². The third kappa shape index (κ3) is 2.67. The zero-order chi connectivity index (χ0) is 11.4. The Bertz CT molecular complexity index is 484. The number of thiophene rings is 1. The molecule has 2 aromatic rings. The second-order valence-corrected chi connectivity index (χ2v) is 4.63. The Morgan fingerprint density at radius 1 is 1.62 bits per heavy atom. The van der Waals surface area contributed by atoms with Crippen LogP contribution in [0.25, 0.3) is 0 Å². The number of hydrogen-bond donors (Lipinski definition) is 0. The molecule has 2 heterocycles. The maximum atomic E-state index is 8.67. The SMILES string of the molecule is CC(C#N)Cc1nc(Cc2cccs2)no1. The van der Waals surface area contributed by atoms with Gasteiger partial charge in [0.05, 0.1) is 12.0 Å². The first-order chi connectivity index (χ1) is 7.78. The molecule has 0 spiro atoms. The summed E-state index contributed by atoms with van der Waals surface area (Å²) in [5.41, 5.74) is 0. The summed E-state index contributed by atoms with van der Waals surface area (Å²) in [7, 11) is 0. The van der Waals surface area contributed by atoms with E-state index in [0.29, 0.717) is 24.6 Å². The van der Waals surface area contributed by atoms with Crippen molar-refractivity contribution in [1.82, 2.24) is 10.1 Å². The maximum Gasteiger partial charge on any atom is 0.227 e. The van der Waals surface area contributed by atoms with Crippen molar-refractivity contribution < 1.29 is 4.52 Å². The van der Waals surface area contributed by atoms with Crippen LogP contribution in [0.1, 0.15) is 23.5 Å². The van der Waals surface area contributed by atoms with Crippen molar-refractivity contribution in [3.63, 3.8) is 0 Å². The molecule has 0 radical (unpaired) electrons. The van der Waals surface area contributed by atoms with Gasteiger partial charge in [-0.3, -0.25) is 0 Å². The molecule has 0 aliphatic carbocycles. The Labute approximate surface area is 97.5 Å². The highest BCUT2D eigenvalue weighted by atomic mass is 32.1. The van der Waals surface area contributed by atoms with Crippen molar-refractivity contribution in [1.29, 1.82) is 5.26 Å². The Balaban J connectivity index is 2.00. The van der Waals surface area contributed by atoms with Crippen LogP contribution in [0.5, 0.6) is 0 Å². The molecule has 0 fully saturated rings. The third-order valence-corrected chi connectivity index (χ3v) is 3.00. The first kappa shape index (κ1) is 10.8. The van der Waals surface area contributed by atoms with Crippen LogP contribution in [0.2, 0.25) is 0 Å². The van der Waals surface area contributed by atoms with E-state index in [9.17, 15) is 0 Å². The van der Waals surface area contributed by atoms with Crippen molar-refractivity contribution in [2.24, 2.45) is 5.92 Å². The molecule has 0 aliphatic rings. The largest absolute Gasteiger partial charge is 0.339 e. The summed E-state index contributed by atoms with van der Waals surface area (Å²) in [6.45, 7) is 1.84. The number of aromatic nitrogens is 2.